The van der Waals surface area contributed by atoms with Crippen LogP contribution in [0, 0.1) is 0 Å². The van der Waals surface area contributed by atoms with Crippen LogP contribution in [0.2, 0.25) is 0 Å². The normalized spacial score (nSPS) is 21.2. The predicted molar refractivity (Wildman–Crippen MR) is 79.3 cm³/mol. The van der Waals surface area contributed by atoms with Gasteiger partial charge < -0.3 is 19.7 Å². The third kappa shape index (κ3) is 3.13. The number of carbonyl (C=O) groups is 1. The summed E-state index contributed by atoms with van der Waals surface area (Å²) in [4.78, 5) is 14.4. The van der Waals surface area contributed by atoms with Crippen molar-refractivity contribution in [2.75, 3.05) is 13.3 Å². The van der Waals surface area contributed by atoms with Crippen molar-refractivity contribution in [3.05, 3.63) is 23.8 Å². The Morgan fingerprint density at radius 1 is 1.33 bits per heavy atom. The van der Waals surface area contributed by atoms with Gasteiger partial charge in [-0.2, -0.15) is 0 Å². The van der Waals surface area contributed by atoms with Crippen LogP contribution < -0.4 is 14.8 Å². The van der Waals surface area contributed by atoms with Crippen LogP contribution in [0.5, 0.6) is 11.5 Å². The molecule has 2 heterocycles. The lowest BCUT2D eigenvalue weighted by atomic mass is 10.0. The number of piperidine rings is 1. The Labute approximate surface area is 125 Å². The summed E-state index contributed by atoms with van der Waals surface area (Å²) in [6, 6.07) is 6.16. The smallest absolute Gasteiger partial charge is 0.240 e. The number of nitrogens with one attached hydrogen (secondary N) is 1. The van der Waals surface area contributed by atoms with E-state index in [1.54, 1.807) is 0 Å². The van der Waals surface area contributed by atoms with E-state index in [-0.39, 0.29) is 18.7 Å². The van der Waals surface area contributed by atoms with E-state index in [0.717, 1.165) is 36.4 Å². The van der Waals surface area contributed by atoms with E-state index in [1.807, 2.05) is 23.1 Å². The minimum Gasteiger partial charge on any atom is -0.454 e. The SMILES string of the molecule is CC(C)NC1CCCN(Cc2ccc3c(c2)OCO3)C1=O. The van der Waals surface area contributed by atoms with Crippen molar-refractivity contribution in [2.24, 2.45) is 0 Å². The monoisotopic (exact) mass is 290 g/mol. The van der Waals surface area contributed by atoms with Crippen molar-refractivity contribution >= 4 is 5.91 Å². The summed E-state index contributed by atoms with van der Waals surface area (Å²) >= 11 is 0. The number of ether oxygens (including phenoxy) is 2. The number of amides is 1. The van der Waals surface area contributed by atoms with Gasteiger partial charge in [-0.15, -0.1) is 0 Å². The number of nitrogens with zero attached hydrogens (tertiary/aromatic N) is 1. The lowest BCUT2D eigenvalue weighted by Gasteiger charge is -2.33. The molecule has 1 amide bonds. The molecule has 21 heavy (non-hydrogen) atoms. The summed E-state index contributed by atoms with van der Waals surface area (Å²) in [5, 5.41) is 3.35. The maximum absolute atomic E-state index is 12.5. The van der Waals surface area contributed by atoms with E-state index >= 15 is 0 Å². The van der Waals surface area contributed by atoms with Crippen LogP contribution in [0.4, 0.5) is 0 Å². The Hall–Kier alpha value is -1.75. The van der Waals surface area contributed by atoms with Crippen molar-refractivity contribution in [1.82, 2.24) is 10.2 Å². The lowest BCUT2D eigenvalue weighted by Crippen LogP contribution is -2.51. The first-order valence-electron chi connectivity index (χ1n) is 7.57. The molecular weight excluding hydrogens is 268 g/mol. The molecule has 1 saturated heterocycles. The van der Waals surface area contributed by atoms with E-state index in [9.17, 15) is 4.79 Å². The quantitative estimate of drug-likeness (QED) is 0.920. The maximum atomic E-state index is 12.5. The molecule has 0 aromatic heterocycles. The summed E-state index contributed by atoms with van der Waals surface area (Å²) in [6.07, 6.45) is 1.97. The number of rotatable bonds is 4. The minimum atomic E-state index is -0.0484. The molecule has 1 atom stereocenters. The fourth-order valence-corrected chi connectivity index (χ4v) is 2.91. The van der Waals surface area contributed by atoms with Gasteiger partial charge in [0, 0.05) is 19.1 Å². The highest BCUT2D eigenvalue weighted by molar-refractivity contribution is 5.82. The lowest BCUT2D eigenvalue weighted by molar-refractivity contribution is -0.136. The van der Waals surface area contributed by atoms with Crippen molar-refractivity contribution in [3.8, 4) is 11.5 Å². The standard InChI is InChI=1S/C16H22N2O3/c1-11(2)17-13-4-3-7-18(16(13)19)9-12-5-6-14-15(8-12)21-10-20-14/h5-6,8,11,13,17H,3-4,7,9-10H2,1-2H3. The van der Waals surface area contributed by atoms with Gasteiger partial charge in [-0.25, -0.2) is 0 Å². The maximum Gasteiger partial charge on any atom is 0.240 e. The highest BCUT2D eigenvalue weighted by atomic mass is 16.7. The summed E-state index contributed by atoms with van der Waals surface area (Å²) in [7, 11) is 0. The first-order chi connectivity index (χ1) is 10.1. The molecule has 2 aliphatic rings. The summed E-state index contributed by atoms with van der Waals surface area (Å²) < 4.78 is 10.7. The van der Waals surface area contributed by atoms with E-state index in [4.69, 9.17) is 9.47 Å². The molecular formula is C16H22N2O3. The van der Waals surface area contributed by atoms with Gasteiger partial charge in [-0.3, -0.25) is 4.79 Å². The molecule has 5 nitrogen and oxygen atoms in total. The zero-order valence-corrected chi connectivity index (χ0v) is 12.6. The Morgan fingerprint density at radius 3 is 2.95 bits per heavy atom. The van der Waals surface area contributed by atoms with E-state index in [2.05, 4.69) is 19.2 Å². The van der Waals surface area contributed by atoms with E-state index < -0.39 is 0 Å². The van der Waals surface area contributed by atoms with Crippen molar-refractivity contribution < 1.29 is 14.3 Å². The molecule has 0 radical (unpaired) electrons. The van der Waals surface area contributed by atoms with Crippen LogP contribution in [-0.2, 0) is 11.3 Å². The summed E-state index contributed by atoms with van der Waals surface area (Å²) in [5.41, 5.74) is 1.08. The zero-order valence-electron chi connectivity index (χ0n) is 12.6. The Balaban J connectivity index is 1.67. The number of hydrogen-bond acceptors (Lipinski definition) is 4. The van der Waals surface area contributed by atoms with Crippen molar-refractivity contribution in [2.45, 2.75) is 45.3 Å². The van der Waals surface area contributed by atoms with Gasteiger partial charge in [-0.05, 0) is 30.5 Å². The van der Waals surface area contributed by atoms with Crippen molar-refractivity contribution in [3.63, 3.8) is 0 Å². The van der Waals surface area contributed by atoms with Gasteiger partial charge in [0.2, 0.25) is 12.7 Å². The molecule has 114 valence electrons. The fraction of sp³-hybridized carbons (Fsp3) is 0.562. The molecule has 1 N–H and O–H groups in total. The van der Waals surface area contributed by atoms with Gasteiger partial charge in [-0.1, -0.05) is 19.9 Å². The van der Waals surface area contributed by atoms with E-state index in [0.29, 0.717) is 12.6 Å². The van der Waals surface area contributed by atoms with Gasteiger partial charge in [0.1, 0.15) is 0 Å². The van der Waals surface area contributed by atoms with Crippen LogP contribution in [0.25, 0.3) is 0 Å². The summed E-state index contributed by atoms with van der Waals surface area (Å²) in [6.45, 7) is 5.88. The summed E-state index contributed by atoms with van der Waals surface area (Å²) in [5.74, 6) is 1.75. The second kappa shape index (κ2) is 5.93. The van der Waals surface area contributed by atoms with E-state index in [1.165, 1.54) is 0 Å². The average Bonchev–Trinajstić information content (AvgIpc) is 2.90. The number of hydrogen-bond donors (Lipinski definition) is 1. The molecule has 1 unspecified atom stereocenters. The van der Waals surface area contributed by atoms with Crippen LogP contribution in [-0.4, -0.2) is 36.2 Å². The van der Waals surface area contributed by atoms with Crippen LogP contribution in [0.3, 0.4) is 0 Å². The highest BCUT2D eigenvalue weighted by Gasteiger charge is 2.29. The van der Waals surface area contributed by atoms with Crippen LogP contribution >= 0.6 is 0 Å². The molecule has 0 bridgehead atoms. The van der Waals surface area contributed by atoms with Crippen LogP contribution in [0.1, 0.15) is 32.3 Å². The molecule has 0 aliphatic carbocycles. The number of benzene rings is 1. The minimum absolute atomic E-state index is 0.0484. The number of likely N-dealkylation sites (tertiary alicyclic amines) is 1. The van der Waals surface area contributed by atoms with Gasteiger partial charge in [0.05, 0.1) is 6.04 Å². The highest BCUT2D eigenvalue weighted by Crippen LogP contribution is 2.33. The molecule has 1 fully saturated rings. The Bertz CT molecular complexity index is 530. The van der Waals surface area contributed by atoms with Gasteiger partial charge in [0.15, 0.2) is 11.5 Å². The average molecular weight is 290 g/mol. The fourth-order valence-electron chi connectivity index (χ4n) is 2.91. The Morgan fingerprint density at radius 2 is 2.14 bits per heavy atom. The first kappa shape index (κ1) is 14.2. The first-order valence-corrected chi connectivity index (χ1v) is 7.57. The third-order valence-corrected chi connectivity index (χ3v) is 3.88. The molecule has 5 heteroatoms. The molecule has 0 spiro atoms. The molecule has 2 aliphatic heterocycles. The van der Waals surface area contributed by atoms with Crippen molar-refractivity contribution in [1.29, 1.82) is 0 Å². The number of fused-ring (bicyclic) bond motifs is 1. The van der Waals surface area contributed by atoms with Crippen LogP contribution in [0.15, 0.2) is 18.2 Å². The second-order valence-electron chi connectivity index (χ2n) is 5.96. The topological polar surface area (TPSA) is 50.8 Å². The molecule has 3 rings (SSSR count). The Kier molecular flexibility index (Phi) is 4.01. The third-order valence-electron chi connectivity index (χ3n) is 3.88. The predicted octanol–water partition coefficient (Wildman–Crippen LogP) is 1.90. The van der Waals surface area contributed by atoms with Gasteiger partial charge in [0.25, 0.3) is 0 Å². The largest absolute Gasteiger partial charge is 0.454 e. The number of carbonyl (C=O) groups excluding carboxylic acids is 1. The molecule has 1 aromatic rings. The molecule has 1 aromatic carbocycles. The molecule has 0 saturated carbocycles. The second-order valence-corrected chi connectivity index (χ2v) is 5.96. The zero-order chi connectivity index (χ0) is 14.8. The van der Waals surface area contributed by atoms with Gasteiger partial charge >= 0.3 is 0 Å².